The Bertz CT molecular complexity index is 194. The van der Waals surface area contributed by atoms with Crippen molar-refractivity contribution in [3.63, 3.8) is 0 Å². The zero-order valence-electron chi connectivity index (χ0n) is 10.5. The summed E-state index contributed by atoms with van der Waals surface area (Å²) in [5, 5.41) is 8.68. The number of hydrogen-bond donors (Lipinski definition) is 1. The fraction of sp³-hybridized carbons (Fsp3) is 0.917. The number of hydrogen-bond acceptors (Lipinski definition) is 2. The van der Waals surface area contributed by atoms with Gasteiger partial charge in [-0.1, -0.05) is 27.7 Å². The van der Waals surface area contributed by atoms with Crippen molar-refractivity contribution in [2.75, 3.05) is 7.11 Å². The van der Waals surface area contributed by atoms with Crippen LogP contribution in [-0.2, 0) is 9.53 Å². The van der Waals surface area contributed by atoms with Crippen molar-refractivity contribution in [2.24, 2.45) is 11.3 Å². The van der Waals surface area contributed by atoms with Crippen LogP contribution in [0.4, 0.5) is 0 Å². The summed E-state index contributed by atoms with van der Waals surface area (Å²) >= 11 is 0. The third-order valence-corrected chi connectivity index (χ3v) is 2.36. The summed E-state index contributed by atoms with van der Waals surface area (Å²) in [7, 11) is 1.58. The Balaban J connectivity index is 4.01. The topological polar surface area (TPSA) is 46.5 Å². The highest BCUT2D eigenvalue weighted by atomic mass is 16.5. The van der Waals surface area contributed by atoms with Crippen LogP contribution in [0.5, 0.6) is 0 Å². The van der Waals surface area contributed by atoms with Crippen LogP contribution >= 0.6 is 0 Å². The predicted molar refractivity (Wildman–Crippen MR) is 60.9 cm³/mol. The van der Waals surface area contributed by atoms with Crippen LogP contribution in [0.3, 0.4) is 0 Å². The van der Waals surface area contributed by atoms with E-state index < -0.39 is 5.97 Å². The Morgan fingerprint density at radius 3 is 2.27 bits per heavy atom. The van der Waals surface area contributed by atoms with Crippen LogP contribution in [0.25, 0.3) is 0 Å². The van der Waals surface area contributed by atoms with Crippen molar-refractivity contribution >= 4 is 5.97 Å². The van der Waals surface area contributed by atoms with Gasteiger partial charge in [0.25, 0.3) is 0 Å². The molecule has 0 bridgehead atoms. The van der Waals surface area contributed by atoms with Gasteiger partial charge in [-0.25, -0.2) is 0 Å². The van der Waals surface area contributed by atoms with Gasteiger partial charge >= 0.3 is 5.97 Å². The van der Waals surface area contributed by atoms with Crippen molar-refractivity contribution in [1.82, 2.24) is 0 Å². The van der Waals surface area contributed by atoms with E-state index in [9.17, 15) is 4.79 Å². The van der Waals surface area contributed by atoms with Gasteiger partial charge in [0, 0.05) is 7.11 Å². The number of carbonyl (C=O) groups is 1. The molecular weight excluding hydrogens is 192 g/mol. The van der Waals surface area contributed by atoms with E-state index in [-0.39, 0.29) is 12.5 Å². The first-order valence-corrected chi connectivity index (χ1v) is 5.49. The molecule has 1 N–H and O–H groups in total. The molecule has 90 valence electrons. The Hall–Kier alpha value is -0.570. The van der Waals surface area contributed by atoms with Gasteiger partial charge in [-0.2, -0.15) is 0 Å². The van der Waals surface area contributed by atoms with E-state index in [1.807, 2.05) is 0 Å². The van der Waals surface area contributed by atoms with Gasteiger partial charge in [0.2, 0.25) is 0 Å². The minimum Gasteiger partial charge on any atom is -0.481 e. The van der Waals surface area contributed by atoms with Gasteiger partial charge < -0.3 is 9.84 Å². The fourth-order valence-corrected chi connectivity index (χ4v) is 2.04. The van der Waals surface area contributed by atoms with E-state index in [2.05, 4.69) is 27.7 Å². The quantitative estimate of drug-likeness (QED) is 0.742. The molecule has 0 rings (SSSR count). The first kappa shape index (κ1) is 14.4. The second-order valence-electron chi connectivity index (χ2n) is 5.56. The molecule has 0 aromatic carbocycles. The molecule has 0 amide bonds. The number of carboxylic acids is 1. The van der Waals surface area contributed by atoms with E-state index in [4.69, 9.17) is 9.84 Å². The highest BCUT2D eigenvalue weighted by Gasteiger charge is 2.20. The lowest BCUT2D eigenvalue weighted by Crippen LogP contribution is -2.21. The molecule has 0 aliphatic heterocycles. The van der Waals surface area contributed by atoms with Crippen molar-refractivity contribution in [1.29, 1.82) is 0 Å². The predicted octanol–water partition coefficient (Wildman–Crippen LogP) is 2.94. The Morgan fingerprint density at radius 1 is 1.40 bits per heavy atom. The Kier molecular flexibility index (Phi) is 5.88. The zero-order valence-corrected chi connectivity index (χ0v) is 10.5. The maximum Gasteiger partial charge on any atom is 0.305 e. The van der Waals surface area contributed by atoms with Crippen LogP contribution in [-0.4, -0.2) is 24.3 Å². The highest BCUT2D eigenvalue weighted by molar-refractivity contribution is 5.67. The van der Waals surface area contributed by atoms with Gasteiger partial charge in [0.15, 0.2) is 0 Å². The van der Waals surface area contributed by atoms with Crippen molar-refractivity contribution < 1.29 is 14.6 Å². The molecule has 0 unspecified atom stereocenters. The summed E-state index contributed by atoms with van der Waals surface area (Å²) < 4.78 is 5.17. The lowest BCUT2D eigenvalue weighted by Gasteiger charge is -2.25. The standard InChI is InChI=1S/C12H24O3/c1-9(8-12(2,3)4)6-10(15-5)7-11(13)14/h9-10H,6-8H2,1-5H3,(H,13,14)/t9-,10-/m0/s1. The molecule has 0 heterocycles. The lowest BCUT2D eigenvalue weighted by atomic mass is 9.83. The van der Waals surface area contributed by atoms with Crippen LogP contribution in [0.2, 0.25) is 0 Å². The molecule has 0 aromatic heterocycles. The number of rotatable bonds is 6. The van der Waals surface area contributed by atoms with Crippen LogP contribution in [0.15, 0.2) is 0 Å². The lowest BCUT2D eigenvalue weighted by molar-refractivity contribution is -0.140. The number of methoxy groups -OCH3 is 1. The molecule has 3 heteroatoms. The average Bonchev–Trinajstić information content (AvgIpc) is 1.98. The number of carboxylic acid groups (broad SMARTS) is 1. The molecule has 0 saturated carbocycles. The molecule has 0 fully saturated rings. The molecule has 0 spiro atoms. The van der Waals surface area contributed by atoms with E-state index in [0.717, 1.165) is 12.8 Å². The largest absolute Gasteiger partial charge is 0.481 e. The molecule has 0 aromatic rings. The first-order valence-electron chi connectivity index (χ1n) is 5.49. The average molecular weight is 216 g/mol. The summed E-state index contributed by atoms with van der Waals surface area (Å²) in [5.41, 5.74) is 0.293. The maximum atomic E-state index is 10.6. The number of ether oxygens (including phenoxy) is 1. The molecule has 0 aliphatic rings. The second kappa shape index (κ2) is 6.11. The van der Waals surface area contributed by atoms with Gasteiger partial charge in [0.05, 0.1) is 12.5 Å². The molecule has 15 heavy (non-hydrogen) atoms. The minimum absolute atomic E-state index is 0.102. The van der Waals surface area contributed by atoms with Crippen LogP contribution in [0.1, 0.15) is 47.0 Å². The van der Waals surface area contributed by atoms with Gasteiger partial charge in [-0.05, 0) is 24.2 Å². The van der Waals surface area contributed by atoms with Crippen molar-refractivity contribution in [2.45, 2.75) is 53.1 Å². The molecule has 0 aliphatic carbocycles. The number of aliphatic carboxylic acids is 1. The summed E-state index contributed by atoms with van der Waals surface area (Å²) in [6, 6.07) is 0. The zero-order chi connectivity index (χ0) is 12.1. The molecule has 0 saturated heterocycles. The third-order valence-electron chi connectivity index (χ3n) is 2.36. The van der Waals surface area contributed by atoms with Gasteiger partial charge in [0.1, 0.15) is 0 Å². The summed E-state index contributed by atoms with van der Waals surface area (Å²) in [6.07, 6.45) is 1.86. The van der Waals surface area contributed by atoms with Crippen molar-refractivity contribution in [3.8, 4) is 0 Å². The van der Waals surface area contributed by atoms with Crippen LogP contribution < -0.4 is 0 Å². The van der Waals surface area contributed by atoms with E-state index in [1.54, 1.807) is 7.11 Å². The summed E-state index contributed by atoms with van der Waals surface area (Å²) in [5.74, 6) is -0.292. The highest BCUT2D eigenvalue weighted by Crippen LogP contribution is 2.27. The van der Waals surface area contributed by atoms with E-state index >= 15 is 0 Å². The Morgan fingerprint density at radius 2 is 1.93 bits per heavy atom. The first-order chi connectivity index (χ1) is 6.74. The van der Waals surface area contributed by atoms with Crippen molar-refractivity contribution in [3.05, 3.63) is 0 Å². The minimum atomic E-state index is -0.787. The summed E-state index contributed by atoms with van der Waals surface area (Å²) in [6.45, 7) is 8.74. The molecule has 3 nitrogen and oxygen atoms in total. The monoisotopic (exact) mass is 216 g/mol. The third kappa shape index (κ3) is 8.43. The second-order valence-corrected chi connectivity index (χ2v) is 5.56. The molecule has 0 radical (unpaired) electrons. The van der Waals surface area contributed by atoms with E-state index in [0.29, 0.717) is 11.3 Å². The van der Waals surface area contributed by atoms with E-state index in [1.165, 1.54) is 0 Å². The maximum absolute atomic E-state index is 10.6. The molecular formula is C12H24O3. The van der Waals surface area contributed by atoms with Gasteiger partial charge in [-0.3, -0.25) is 4.79 Å². The molecule has 2 atom stereocenters. The fourth-order valence-electron chi connectivity index (χ4n) is 2.04. The van der Waals surface area contributed by atoms with Crippen LogP contribution in [0, 0.1) is 11.3 Å². The normalized spacial score (nSPS) is 16.1. The smallest absolute Gasteiger partial charge is 0.305 e. The summed E-state index contributed by atoms with van der Waals surface area (Å²) in [4.78, 5) is 10.6. The SMILES string of the molecule is CO[C@H](CC(=O)O)C[C@H](C)CC(C)(C)C. The van der Waals surface area contributed by atoms with Gasteiger partial charge in [-0.15, -0.1) is 0 Å². The Labute approximate surface area is 92.8 Å².